The van der Waals surface area contributed by atoms with Crippen LogP contribution < -0.4 is 24.3 Å². The van der Waals surface area contributed by atoms with E-state index in [1.165, 1.54) is 19.1 Å². The van der Waals surface area contributed by atoms with Gasteiger partial charge < -0.3 is 24.2 Å². The first-order valence-electron chi connectivity index (χ1n) is 12.1. The van der Waals surface area contributed by atoms with Crippen molar-refractivity contribution < 1.29 is 33.9 Å². The molecule has 2 aromatic carbocycles. The molecule has 2 heterocycles. The summed E-state index contributed by atoms with van der Waals surface area (Å²) in [7, 11) is 3.02. The number of aromatic amines is 1. The Morgan fingerprint density at radius 2 is 1.78 bits per heavy atom. The third-order valence-electron chi connectivity index (χ3n) is 6.27. The highest BCUT2D eigenvalue weighted by Gasteiger charge is 2.45. The van der Waals surface area contributed by atoms with Crippen LogP contribution >= 0.6 is 0 Å². The number of Topliss-reactive ketones (excluding diaryl/α,β-unsaturated/α-hetero) is 1. The molecule has 0 radical (unpaired) electrons. The summed E-state index contributed by atoms with van der Waals surface area (Å²) in [4.78, 5) is 31.0. The molecule has 8 nitrogen and oxygen atoms in total. The number of ether oxygens (including phenoxy) is 3. The third kappa shape index (κ3) is 5.43. The average Bonchev–Trinajstić information content (AvgIpc) is 3.18. The van der Waals surface area contributed by atoms with Crippen molar-refractivity contribution in [2.24, 2.45) is 0 Å². The number of unbranched alkanes of at least 4 members (excludes halogenated alkanes) is 1. The number of pyridine rings is 1. The van der Waals surface area contributed by atoms with Gasteiger partial charge in [-0.3, -0.25) is 9.59 Å². The summed E-state index contributed by atoms with van der Waals surface area (Å²) in [6, 6.07) is 14.4. The maximum atomic E-state index is 13.8. The molecule has 1 aliphatic rings. The highest BCUT2D eigenvalue weighted by Crippen LogP contribution is 2.44. The van der Waals surface area contributed by atoms with Crippen molar-refractivity contribution in [3.05, 3.63) is 89.3 Å². The van der Waals surface area contributed by atoms with Crippen LogP contribution in [0.5, 0.6) is 17.2 Å². The van der Waals surface area contributed by atoms with Crippen LogP contribution in [0, 0.1) is 0 Å². The van der Waals surface area contributed by atoms with Crippen molar-refractivity contribution in [3.8, 4) is 17.2 Å². The van der Waals surface area contributed by atoms with Crippen molar-refractivity contribution in [1.29, 1.82) is 0 Å². The van der Waals surface area contributed by atoms with Gasteiger partial charge in [-0.1, -0.05) is 31.2 Å². The normalized spacial score (nSPS) is 16.6. The van der Waals surface area contributed by atoms with Gasteiger partial charge in [-0.2, -0.15) is 0 Å². The smallest absolute Gasteiger partial charge is 0.295 e. The molecule has 0 saturated carbocycles. The highest BCUT2D eigenvalue weighted by molar-refractivity contribution is 6.46. The maximum absolute atomic E-state index is 13.8. The minimum absolute atomic E-state index is 0.119. The minimum Gasteiger partial charge on any atom is -0.872 e. The first-order chi connectivity index (χ1) is 18.0. The Hall–Kier alpha value is -4.33. The number of likely N-dealkylation sites (tertiary alicyclic amines) is 1. The Kier molecular flexibility index (Phi) is 8.08. The quantitative estimate of drug-likeness (QED) is 0.183. The average molecular weight is 503 g/mol. The fraction of sp³-hybridized carbons (Fsp3) is 0.276. The van der Waals surface area contributed by atoms with Crippen molar-refractivity contribution in [1.82, 2.24) is 4.90 Å². The SMILES string of the molecule is CCCCOc1ccc(C([O-])=C2C(=O)C(=O)N(Cc3ccc[nH+]c3)C2c2cc(OC)ccc2OC)cc1. The van der Waals surface area contributed by atoms with E-state index in [1.54, 1.807) is 60.9 Å². The van der Waals surface area contributed by atoms with Gasteiger partial charge in [0.2, 0.25) is 5.78 Å². The van der Waals surface area contributed by atoms with E-state index in [0.717, 1.165) is 18.4 Å². The van der Waals surface area contributed by atoms with Crippen molar-refractivity contribution >= 4 is 17.4 Å². The monoisotopic (exact) mass is 502 g/mol. The van der Waals surface area contributed by atoms with Gasteiger partial charge in [-0.15, -0.1) is 0 Å². The molecule has 8 heteroatoms. The highest BCUT2D eigenvalue weighted by atomic mass is 16.5. The Morgan fingerprint density at radius 1 is 1.03 bits per heavy atom. The number of amides is 1. The van der Waals surface area contributed by atoms with Crippen LogP contribution in [0.25, 0.3) is 5.76 Å². The van der Waals surface area contributed by atoms with Crippen LogP contribution in [0.15, 0.2) is 72.6 Å². The van der Waals surface area contributed by atoms with Crippen molar-refractivity contribution in [2.45, 2.75) is 32.4 Å². The molecular formula is C29H30N2O6. The lowest BCUT2D eigenvalue weighted by molar-refractivity contribution is -0.378. The zero-order valence-corrected chi connectivity index (χ0v) is 21.2. The lowest BCUT2D eigenvalue weighted by Gasteiger charge is -2.28. The van der Waals surface area contributed by atoms with Gasteiger partial charge in [0.25, 0.3) is 5.91 Å². The summed E-state index contributed by atoms with van der Waals surface area (Å²) in [6.45, 7) is 2.78. The lowest BCUT2D eigenvalue weighted by atomic mass is 9.94. The van der Waals surface area contributed by atoms with Crippen molar-refractivity contribution in [2.75, 3.05) is 20.8 Å². The number of carbonyl (C=O) groups is 2. The van der Waals surface area contributed by atoms with Gasteiger partial charge in [0, 0.05) is 22.8 Å². The number of ketones is 1. The van der Waals surface area contributed by atoms with Crippen LogP contribution in [0.3, 0.4) is 0 Å². The summed E-state index contributed by atoms with van der Waals surface area (Å²) < 4.78 is 16.7. The van der Waals surface area contributed by atoms with Crippen LogP contribution in [-0.2, 0) is 16.1 Å². The second-order valence-corrected chi connectivity index (χ2v) is 8.65. The number of nitrogens with one attached hydrogen (secondary N) is 1. The van der Waals surface area contributed by atoms with Gasteiger partial charge in [-0.05, 0) is 48.4 Å². The Morgan fingerprint density at radius 3 is 2.43 bits per heavy atom. The zero-order valence-electron chi connectivity index (χ0n) is 21.2. The van der Waals surface area contributed by atoms with Crippen LogP contribution in [0.1, 0.15) is 42.5 Å². The molecule has 0 bridgehead atoms. The Labute approximate surface area is 216 Å². The standard InChI is InChI=1S/C29H30N2O6/c1-4-5-15-37-21-10-8-20(9-11-21)27(32)25-26(23-16-22(35-2)12-13-24(23)36-3)31(29(34)28(25)33)18-19-7-6-14-30-17-19/h6-14,16-17,26,32H,4-5,15,18H2,1-3H3. The molecule has 192 valence electrons. The van der Waals surface area contributed by atoms with E-state index < -0.39 is 23.5 Å². The van der Waals surface area contributed by atoms with Gasteiger partial charge in [0.15, 0.2) is 12.4 Å². The molecule has 1 saturated heterocycles. The molecule has 1 aromatic heterocycles. The van der Waals surface area contributed by atoms with Gasteiger partial charge in [-0.25, -0.2) is 4.98 Å². The number of methoxy groups -OCH3 is 2. The summed E-state index contributed by atoms with van der Waals surface area (Å²) in [5.41, 5.74) is 1.43. The first kappa shape index (κ1) is 25.8. The number of nitrogens with zero attached hydrogens (tertiary/aromatic N) is 1. The molecule has 1 N–H and O–H groups in total. The summed E-state index contributed by atoms with van der Waals surface area (Å²) in [5, 5.41) is 13.8. The van der Waals surface area contributed by atoms with E-state index in [2.05, 4.69) is 11.9 Å². The maximum Gasteiger partial charge on any atom is 0.295 e. The fourth-order valence-electron chi connectivity index (χ4n) is 4.33. The van der Waals surface area contributed by atoms with E-state index in [1.807, 2.05) is 6.07 Å². The van der Waals surface area contributed by atoms with E-state index in [9.17, 15) is 14.7 Å². The van der Waals surface area contributed by atoms with E-state index in [0.29, 0.717) is 35.0 Å². The predicted molar refractivity (Wildman–Crippen MR) is 135 cm³/mol. The van der Waals surface area contributed by atoms with E-state index in [4.69, 9.17) is 14.2 Å². The number of rotatable bonds is 10. The number of H-pyrrole nitrogens is 1. The zero-order chi connectivity index (χ0) is 26.4. The molecule has 1 amide bonds. The second-order valence-electron chi connectivity index (χ2n) is 8.65. The predicted octanol–water partition coefficient (Wildman–Crippen LogP) is 3.12. The molecule has 1 aliphatic heterocycles. The minimum atomic E-state index is -0.960. The topological polar surface area (TPSA) is 102 Å². The molecule has 0 aliphatic carbocycles. The fourth-order valence-corrected chi connectivity index (χ4v) is 4.33. The number of carbonyl (C=O) groups excluding carboxylic acids is 2. The summed E-state index contributed by atoms with van der Waals surface area (Å²) in [6.07, 6.45) is 5.43. The molecule has 0 spiro atoms. The Balaban J connectivity index is 1.82. The van der Waals surface area contributed by atoms with Crippen LogP contribution in [-0.4, -0.2) is 37.4 Å². The molecule has 3 aromatic rings. The summed E-state index contributed by atoms with van der Waals surface area (Å²) in [5.74, 6) is -0.518. The van der Waals surface area contributed by atoms with Crippen LogP contribution in [0.2, 0.25) is 0 Å². The largest absolute Gasteiger partial charge is 0.872 e. The van der Waals surface area contributed by atoms with Crippen LogP contribution in [0.4, 0.5) is 0 Å². The number of hydrogen-bond donors (Lipinski definition) is 0. The molecule has 1 unspecified atom stereocenters. The van der Waals surface area contributed by atoms with Gasteiger partial charge >= 0.3 is 0 Å². The number of hydrogen-bond acceptors (Lipinski definition) is 6. The molecule has 37 heavy (non-hydrogen) atoms. The molecule has 1 atom stereocenters. The first-order valence-corrected chi connectivity index (χ1v) is 12.1. The number of aromatic nitrogens is 1. The Bertz CT molecular complexity index is 1290. The van der Waals surface area contributed by atoms with Crippen molar-refractivity contribution in [3.63, 3.8) is 0 Å². The van der Waals surface area contributed by atoms with E-state index >= 15 is 0 Å². The van der Waals surface area contributed by atoms with E-state index in [-0.39, 0.29) is 12.1 Å². The number of benzene rings is 2. The lowest BCUT2D eigenvalue weighted by Crippen LogP contribution is -2.30. The summed E-state index contributed by atoms with van der Waals surface area (Å²) >= 11 is 0. The third-order valence-corrected chi connectivity index (χ3v) is 6.27. The molecular weight excluding hydrogens is 472 g/mol. The molecule has 1 fully saturated rings. The van der Waals surface area contributed by atoms with Gasteiger partial charge in [0.05, 0.1) is 33.4 Å². The molecule has 4 rings (SSSR count). The van der Waals surface area contributed by atoms with Gasteiger partial charge in [0.1, 0.15) is 17.2 Å². The second kappa shape index (κ2) is 11.6.